The van der Waals surface area contributed by atoms with Crippen LogP contribution in [-0.4, -0.2) is 41.2 Å². The molecule has 1 amide bonds. The van der Waals surface area contributed by atoms with E-state index in [4.69, 9.17) is 4.74 Å². The molecule has 1 saturated heterocycles. The number of benzene rings is 1. The highest BCUT2D eigenvalue weighted by molar-refractivity contribution is 7.11. The number of aromatic nitrogens is 2. The zero-order valence-corrected chi connectivity index (χ0v) is 20.4. The average molecular weight is 456 g/mol. The third-order valence-corrected chi connectivity index (χ3v) is 8.40. The van der Waals surface area contributed by atoms with E-state index < -0.39 is 0 Å². The number of hydrogen-bond acceptors (Lipinski definition) is 5. The van der Waals surface area contributed by atoms with Gasteiger partial charge in [-0.3, -0.25) is 4.79 Å². The highest BCUT2D eigenvalue weighted by Gasteiger charge is 2.32. The molecule has 5 nitrogen and oxygen atoms in total. The maximum absolute atomic E-state index is 13.1. The Hall–Kier alpha value is -1.95. The lowest BCUT2D eigenvalue weighted by Gasteiger charge is -2.36. The number of likely N-dealkylation sites (tertiary alicyclic amines) is 1. The Morgan fingerprint density at radius 1 is 1.06 bits per heavy atom. The topological polar surface area (TPSA) is 55.3 Å². The molecule has 0 atom stereocenters. The van der Waals surface area contributed by atoms with Crippen LogP contribution in [0.15, 0.2) is 24.3 Å². The van der Waals surface area contributed by atoms with Crippen LogP contribution in [0.1, 0.15) is 86.2 Å². The van der Waals surface area contributed by atoms with Gasteiger partial charge in [-0.15, -0.1) is 21.5 Å². The predicted molar refractivity (Wildman–Crippen MR) is 129 cm³/mol. The van der Waals surface area contributed by atoms with Crippen LogP contribution in [0.4, 0.5) is 0 Å². The van der Waals surface area contributed by atoms with Gasteiger partial charge in [-0.25, -0.2) is 0 Å². The summed E-state index contributed by atoms with van der Waals surface area (Å²) in [7, 11) is 1.68. The summed E-state index contributed by atoms with van der Waals surface area (Å²) in [6.07, 6.45) is 11.5. The van der Waals surface area contributed by atoms with Crippen LogP contribution in [0.2, 0.25) is 0 Å². The van der Waals surface area contributed by atoms with Crippen molar-refractivity contribution in [2.24, 2.45) is 11.8 Å². The number of unbranched alkanes of at least 4 members (excludes halogenated alkanes) is 1. The van der Waals surface area contributed by atoms with Crippen LogP contribution in [0, 0.1) is 11.8 Å². The van der Waals surface area contributed by atoms with Crippen molar-refractivity contribution in [2.45, 2.75) is 77.0 Å². The molecule has 2 aromatic rings. The molecule has 0 N–H and O–H groups in total. The van der Waals surface area contributed by atoms with E-state index in [9.17, 15) is 4.79 Å². The molecule has 1 aromatic heterocycles. The van der Waals surface area contributed by atoms with Gasteiger partial charge in [0.25, 0.3) is 0 Å². The molecular weight excluding hydrogens is 418 g/mol. The lowest BCUT2D eigenvalue weighted by Crippen LogP contribution is -2.42. The minimum atomic E-state index is 0.266. The van der Waals surface area contributed by atoms with Crippen LogP contribution in [0.3, 0.4) is 0 Å². The van der Waals surface area contributed by atoms with E-state index in [2.05, 4.69) is 34.2 Å². The lowest BCUT2D eigenvalue weighted by molar-refractivity contribution is -0.138. The summed E-state index contributed by atoms with van der Waals surface area (Å²) in [5.41, 5.74) is 1.22. The smallest absolute Gasteiger partial charge is 0.225 e. The quantitative estimate of drug-likeness (QED) is 0.502. The fourth-order valence-corrected chi connectivity index (χ4v) is 6.26. The molecule has 1 aromatic carbocycles. The Bertz CT molecular complexity index is 850. The number of ether oxygens (including phenoxy) is 1. The van der Waals surface area contributed by atoms with E-state index in [1.165, 1.54) is 37.7 Å². The van der Waals surface area contributed by atoms with Crippen molar-refractivity contribution in [1.29, 1.82) is 0 Å². The van der Waals surface area contributed by atoms with Gasteiger partial charge in [-0.05, 0) is 62.1 Å². The normalized spacial score (nSPS) is 22.1. The third-order valence-electron chi connectivity index (χ3n) is 7.31. The summed E-state index contributed by atoms with van der Waals surface area (Å²) in [5, 5.41) is 11.1. The van der Waals surface area contributed by atoms with E-state index >= 15 is 0 Å². The zero-order chi connectivity index (χ0) is 22.3. The predicted octanol–water partition coefficient (Wildman–Crippen LogP) is 5.84. The molecule has 2 fully saturated rings. The summed E-state index contributed by atoms with van der Waals surface area (Å²) in [5.74, 6) is 2.84. The Morgan fingerprint density at radius 2 is 1.78 bits per heavy atom. The summed E-state index contributed by atoms with van der Waals surface area (Å²) in [6, 6.07) is 8.14. The highest BCUT2D eigenvalue weighted by Crippen LogP contribution is 2.35. The van der Waals surface area contributed by atoms with Gasteiger partial charge in [0.15, 0.2) is 0 Å². The molecule has 4 rings (SSSR count). The number of methoxy groups -OCH3 is 1. The second-order valence-electron chi connectivity index (χ2n) is 9.52. The van der Waals surface area contributed by atoms with Gasteiger partial charge in [0.1, 0.15) is 15.8 Å². The first-order valence-electron chi connectivity index (χ1n) is 12.4. The number of rotatable bonds is 8. The van der Waals surface area contributed by atoms with Gasteiger partial charge in [-0.1, -0.05) is 38.3 Å². The van der Waals surface area contributed by atoms with Crippen molar-refractivity contribution in [3.63, 3.8) is 0 Å². The van der Waals surface area contributed by atoms with E-state index in [1.54, 1.807) is 18.4 Å². The number of hydrogen-bond donors (Lipinski definition) is 0. The standard InChI is InChI=1S/C26H37N3O2S/c1-3-4-5-19-6-10-22(11-7-19)26(30)29-16-14-21(15-17-29)25-28-27-24(32-25)18-20-8-12-23(31-2)13-9-20/h8-9,12-13,19,21-22H,3-7,10-11,14-18H2,1-2H3. The second-order valence-corrected chi connectivity index (χ2v) is 10.6. The lowest BCUT2D eigenvalue weighted by atomic mass is 9.79. The molecular formula is C26H37N3O2S. The van der Waals surface area contributed by atoms with Gasteiger partial charge >= 0.3 is 0 Å². The molecule has 6 heteroatoms. The molecule has 2 heterocycles. The molecule has 0 unspecified atom stereocenters. The Balaban J connectivity index is 1.24. The van der Waals surface area contributed by atoms with Crippen LogP contribution in [-0.2, 0) is 11.2 Å². The fraction of sp³-hybridized carbons (Fsp3) is 0.654. The van der Waals surface area contributed by atoms with E-state index in [0.29, 0.717) is 11.8 Å². The second kappa shape index (κ2) is 11.3. The Labute approximate surface area is 196 Å². The summed E-state index contributed by atoms with van der Waals surface area (Å²) >= 11 is 1.73. The van der Waals surface area contributed by atoms with Crippen molar-refractivity contribution in [3.8, 4) is 5.75 Å². The van der Waals surface area contributed by atoms with E-state index in [-0.39, 0.29) is 5.92 Å². The molecule has 174 valence electrons. The monoisotopic (exact) mass is 455 g/mol. The van der Waals surface area contributed by atoms with E-state index in [0.717, 1.165) is 66.9 Å². The van der Waals surface area contributed by atoms with Gasteiger partial charge in [0.2, 0.25) is 5.91 Å². The Morgan fingerprint density at radius 3 is 2.44 bits per heavy atom. The minimum absolute atomic E-state index is 0.266. The van der Waals surface area contributed by atoms with Gasteiger partial charge in [0.05, 0.1) is 7.11 Å². The third kappa shape index (κ3) is 5.89. The number of piperidine rings is 1. The van der Waals surface area contributed by atoms with Crippen LogP contribution in [0.25, 0.3) is 0 Å². The maximum Gasteiger partial charge on any atom is 0.225 e. The molecule has 2 aliphatic rings. The highest BCUT2D eigenvalue weighted by atomic mass is 32.1. The molecule has 32 heavy (non-hydrogen) atoms. The first kappa shape index (κ1) is 23.2. The summed E-state index contributed by atoms with van der Waals surface area (Å²) in [4.78, 5) is 15.2. The van der Waals surface area contributed by atoms with Crippen molar-refractivity contribution in [1.82, 2.24) is 15.1 Å². The fourth-order valence-electron chi connectivity index (χ4n) is 5.22. The zero-order valence-electron chi connectivity index (χ0n) is 19.6. The number of amides is 1. The molecule has 0 radical (unpaired) electrons. The average Bonchev–Trinajstić information content (AvgIpc) is 3.31. The maximum atomic E-state index is 13.1. The van der Waals surface area contributed by atoms with Crippen LogP contribution >= 0.6 is 11.3 Å². The largest absolute Gasteiger partial charge is 0.497 e. The summed E-state index contributed by atoms with van der Waals surface area (Å²) < 4.78 is 5.23. The van der Waals surface area contributed by atoms with Gasteiger partial charge < -0.3 is 9.64 Å². The van der Waals surface area contributed by atoms with Crippen molar-refractivity contribution < 1.29 is 9.53 Å². The minimum Gasteiger partial charge on any atom is -0.497 e. The van der Waals surface area contributed by atoms with Crippen LogP contribution < -0.4 is 4.74 Å². The molecule has 1 aliphatic heterocycles. The summed E-state index contributed by atoms with van der Waals surface area (Å²) in [6.45, 7) is 4.00. The first-order valence-corrected chi connectivity index (χ1v) is 13.2. The Kier molecular flexibility index (Phi) is 8.17. The van der Waals surface area contributed by atoms with Gasteiger partial charge in [-0.2, -0.15) is 0 Å². The number of nitrogens with zero attached hydrogens (tertiary/aromatic N) is 3. The molecule has 1 saturated carbocycles. The number of carbonyl (C=O) groups excluding carboxylic acids is 1. The van der Waals surface area contributed by atoms with Crippen molar-refractivity contribution in [3.05, 3.63) is 39.8 Å². The molecule has 0 spiro atoms. The SMILES string of the molecule is CCCCC1CCC(C(=O)N2CCC(c3nnc(Cc4ccc(OC)cc4)s3)CC2)CC1. The molecule has 0 bridgehead atoms. The van der Waals surface area contributed by atoms with Crippen molar-refractivity contribution >= 4 is 17.2 Å². The number of carbonyl (C=O) groups is 1. The van der Waals surface area contributed by atoms with Crippen LogP contribution in [0.5, 0.6) is 5.75 Å². The van der Waals surface area contributed by atoms with Gasteiger partial charge in [0, 0.05) is 31.3 Å². The van der Waals surface area contributed by atoms with Crippen molar-refractivity contribution in [2.75, 3.05) is 20.2 Å². The van der Waals surface area contributed by atoms with E-state index in [1.807, 2.05) is 12.1 Å². The molecule has 1 aliphatic carbocycles. The first-order chi connectivity index (χ1) is 15.7.